The van der Waals surface area contributed by atoms with E-state index in [9.17, 15) is 0 Å². The summed E-state index contributed by atoms with van der Waals surface area (Å²) in [5, 5.41) is 3.31. The fourth-order valence-corrected chi connectivity index (χ4v) is 2.09. The molecule has 0 amide bonds. The van der Waals surface area contributed by atoms with Crippen LogP contribution in [0.3, 0.4) is 0 Å². The van der Waals surface area contributed by atoms with Crippen LogP contribution in [-0.2, 0) is 0 Å². The Balaban J connectivity index is 2.02. The van der Waals surface area contributed by atoms with Crippen LogP contribution in [0.4, 0.5) is 0 Å². The van der Waals surface area contributed by atoms with Gasteiger partial charge in [-0.1, -0.05) is 39.5 Å². The molecule has 16 heavy (non-hydrogen) atoms. The van der Waals surface area contributed by atoms with Gasteiger partial charge in [0.05, 0.1) is 0 Å². The number of aliphatic imine (C=N–C) groups is 1. The summed E-state index contributed by atoms with van der Waals surface area (Å²) in [5.74, 6) is 1.50. The molecule has 94 valence electrons. The standard InChI is InChI=1S/C13H27N3/c1-3-5-6-7-9-15-13(14)16-12-10-11(12)8-4-2/h11-12H,3-10H2,1-2H3,(H3,14,15,16). The zero-order valence-electron chi connectivity index (χ0n) is 10.8. The molecule has 3 N–H and O–H groups in total. The molecule has 3 nitrogen and oxygen atoms in total. The van der Waals surface area contributed by atoms with E-state index in [4.69, 9.17) is 5.73 Å². The largest absolute Gasteiger partial charge is 0.370 e. The van der Waals surface area contributed by atoms with Crippen LogP contribution in [0.1, 0.15) is 58.8 Å². The van der Waals surface area contributed by atoms with Crippen molar-refractivity contribution in [3.63, 3.8) is 0 Å². The van der Waals surface area contributed by atoms with Gasteiger partial charge in [0.2, 0.25) is 0 Å². The Hall–Kier alpha value is -0.730. The molecule has 1 aliphatic carbocycles. The number of rotatable bonds is 8. The van der Waals surface area contributed by atoms with Crippen LogP contribution in [0.25, 0.3) is 0 Å². The van der Waals surface area contributed by atoms with Gasteiger partial charge < -0.3 is 11.1 Å². The molecular weight excluding hydrogens is 198 g/mol. The fourth-order valence-electron chi connectivity index (χ4n) is 2.09. The van der Waals surface area contributed by atoms with Gasteiger partial charge >= 0.3 is 0 Å². The number of nitrogens with one attached hydrogen (secondary N) is 1. The van der Waals surface area contributed by atoms with Crippen LogP contribution < -0.4 is 11.1 Å². The highest BCUT2D eigenvalue weighted by Crippen LogP contribution is 2.34. The van der Waals surface area contributed by atoms with Crippen LogP contribution in [0.15, 0.2) is 4.99 Å². The van der Waals surface area contributed by atoms with Crippen LogP contribution in [0.2, 0.25) is 0 Å². The van der Waals surface area contributed by atoms with Gasteiger partial charge in [-0.2, -0.15) is 0 Å². The van der Waals surface area contributed by atoms with Gasteiger partial charge in [-0.15, -0.1) is 0 Å². The predicted molar refractivity (Wildman–Crippen MR) is 70.6 cm³/mol. The molecule has 3 heteroatoms. The molecule has 1 rings (SSSR count). The van der Waals surface area contributed by atoms with Crippen molar-refractivity contribution >= 4 is 5.96 Å². The van der Waals surface area contributed by atoms with E-state index in [2.05, 4.69) is 24.2 Å². The maximum atomic E-state index is 5.83. The average molecular weight is 225 g/mol. The average Bonchev–Trinajstić information content (AvgIpc) is 2.97. The van der Waals surface area contributed by atoms with Gasteiger partial charge in [0.1, 0.15) is 0 Å². The number of hydrogen-bond acceptors (Lipinski definition) is 1. The highest BCUT2D eigenvalue weighted by atomic mass is 15.1. The van der Waals surface area contributed by atoms with Crippen molar-refractivity contribution in [2.24, 2.45) is 16.6 Å². The molecule has 0 aromatic rings. The Morgan fingerprint density at radius 2 is 2.06 bits per heavy atom. The van der Waals surface area contributed by atoms with Crippen molar-refractivity contribution in [1.82, 2.24) is 5.32 Å². The molecule has 0 saturated heterocycles. The summed E-state index contributed by atoms with van der Waals surface area (Å²) in [5.41, 5.74) is 5.83. The first-order chi connectivity index (χ1) is 7.77. The first kappa shape index (κ1) is 13.3. The van der Waals surface area contributed by atoms with Gasteiger partial charge in [0.25, 0.3) is 0 Å². The van der Waals surface area contributed by atoms with Crippen LogP contribution in [-0.4, -0.2) is 18.5 Å². The summed E-state index contributed by atoms with van der Waals surface area (Å²) in [6.45, 7) is 5.34. The molecule has 0 aromatic heterocycles. The monoisotopic (exact) mass is 225 g/mol. The normalized spacial score (nSPS) is 24.5. The van der Waals surface area contributed by atoms with Crippen molar-refractivity contribution in [3.8, 4) is 0 Å². The minimum atomic E-state index is 0.611. The molecular formula is C13H27N3. The second kappa shape index (κ2) is 7.53. The van der Waals surface area contributed by atoms with Crippen molar-refractivity contribution in [3.05, 3.63) is 0 Å². The minimum absolute atomic E-state index is 0.611. The quantitative estimate of drug-likeness (QED) is 0.379. The first-order valence-corrected chi connectivity index (χ1v) is 6.84. The first-order valence-electron chi connectivity index (χ1n) is 6.84. The molecule has 0 aliphatic heterocycles. The van der Waals surface area contributed by atoms with Crippen molar-refractivity contribution in [1.29, 1.82) is 0 Å². The van der Waals surface area contributed by atoms with E-state index in [1.165, 1.54) is 44.9 Å². The summed E-state index contributed by atoms with van der Waals surface area (Å²) in [7, 11) is 0. The summed E-state index contributed by atoms with van der Waals surface area (Å²) >= 11 is 0. The number of nitrogens with two attached hydrogens (primary N) is 1. The number of unbranched alkanes of at least 4 members (excludes halogenated alkanes) is 3. The summed E-state index contributed by atoms with van der Waals surface area (Å²) in [6, 6.07) is 0.611. The van der Waals surface area contributed by atoms with Gasteiger partial charge in [-0.3, -0.25) is 4.99 Å². The highest BCUT2D eigenvalue weighted by molar-refractivity contribution is 5.78. The Labute approximate surface area is 99.9 Å². The zero-order valence-corrected chi connectivity index (χ0v) is 10.8. The third kappa shape index (κ3) is 5.38. The molecule has 0 bridgehead atoms. The summed E-state index contributed by atoms with van der Waals surface area (Å²) in [6.07, 6.45) is 8.90. The van der Waals surface area contributed by atoms with Gasteiger partial charge in [0.15, 0.2) is 5.96 Å². The van der Waals surface area contributed by atoms with Crippen molar-refractivity contribution in [2.45, 2.75) is 64.8 Å². The Morgan fingerprint density at radius 1 is 1.25 bits per heavy atom. The van der Waals surface area contributed by atoms with Crippen LogP contribution in [0, 0.1) is 5.92 Å². The Kier molecular flexibility index (Phi) is 6.27. The van der Waals surface area contributed by atoms with E-state index in [1.807, 2.05) is 0 Å². The lowest BCUT2D eigenvalue weighted by molar-refractivity contribution is 0.656. The molecule has 2 atom stereocenters. The maximum Gasteiger partial charge on any atom is 0.188 e. The van der Waals surface area contributed by atoms with E-state index < -0.39 is 0 Å². The molecule has 0 radical (unpaired) electrons. The topological polar surface area (TPSA) is 50.4 Å². The molecule has 1 fully saturated rings. The van der Waals surface area contributed by atoms with Gasteiger partial charge in [-0.25, -0.2) is 0 Å². The second-order valence-electron chi connectivity index (χ2n) is 4.86. The lowest BCUT2D eigenvalue weighted by Gasteiger charge is -2.04. The number of hydrogen-bond donors (Lipinski definition) is 2. The third-order valence-electron chi connectivity index (χ3n) is 3.21. The molecule has 0 aromatic carbocycles. The summed E-state index contributed by atoms with van der Waals surface area (Å²) < 4.78 is 0. The highest BCUT2D eigenvalue weighted by Gasteiger charge is 2.36. The lowest BCUT2D eigenvalue weighted by Crippen LogP contribution is -2.34. The molecule has 0 heterocycles. The zero-order chi connectivity index (χ0) is 11.8. The van der Waals surface area contributed by atoms with Crippen molar-refractivity contribution < 1.29 is 0 Å². The van der Waals surface area contributed by atoms with E-state index in [0.29, 0.717) is 12.0 Å². The number of guanidine groups is 1. The third-order valence-corrected chi connectivity index (χ3v) is 3.21. The Bertz CT molecular complexity index is 213. The molecule has 0 spiro atoms. The second-order valence-corrected chi connectivity index (χ2v) is 4.86. The fraction of sp³-hybridized carbons (Fsp3) is 0.923. The number of nitrogens with zero attached hydrogens (tertiary/aromatic N) is 1. The van der Waals surface area contributed by atoms with E-state index in [0.717, 1.165) is 12.5 Å². The lowest BCUT2D eigenvalue weighted by atomic mass is 10.2. The Morgan fingerprint density at radius 3 is 2.75 bits per heavy atom. The smallest absolute Gasteiger partial charge is 0.188 e. The predicted octanol–water partition coefficient (Wildman–Crippen LogP) is 2.66. The summed E-state index contributed by atoms with van der Waals surface area (Å²) in [4.78, 5) is 4.35. The van der Waals surface area contributed by atoms with Gasteiger partial charge in [-0.05, 0) is 25.2 Å². The van der Waals surface area contributed by atoms with Crippen LogP contribution in [0.5, 0.6) is 0 Å². The molecule has 2 unspecified atom stereocenters. The molecule has 1 saturated carbocycles. The van der Waals surface area contributed by atoms with E-state index in [-0.39, 0.29) is 0 Å². The van der Waals surface area contributed by atoms with Crippen molar-refractivity contribution in [2.75, 3.05) is 6.54 Å². The minimum Gasteiger partial charge on any atom is -0.370 e. The molecule has 1 aliphatic rings. The van der Waals surface area contributed by atoms with E-state index >= 15 is 0 Å². The van der Waals surface area contributed by atoms with Gasteiger partial charge in [0, 0.05) is 12.6 Å². The van der Waals surface area contributed by atoms with E-state index in [1.54, 1.807) is 0 Å². The maximum absolute atomic E-state index is 5.83. The van der Waals surface area contributed by atoms with Crippen LogP contribution >= 0.6 is 0 Å². The SMILES string of the molecule is CCCCCCN=C(N)NC1CC1CCC.